The summed E-state index contributed by atoms with van der Waals surface area (Å²) in [6.45, 7) is 1.78. The van der Waals surface area contributed by atoms with Crippen molar-refractivity contribution in [3.8, 4) is 5.75 Å². The number of hydrogen-bond acceptors (Lipinski definition) is 6. The number of ether oxygens (including phenoxy) is 1. The lowest BCUT2D eigenvalue weighted by atomic mass is 9.97. The molecule has 1 saturated heterocycles. The van der Waals surface area contributed by atoms with Crippen molar-refractivity contribution in [1.82, 2.24) is 9.62 Å². The summed E-state index contributed by atoms with van der Waals surface area (Å²) in [5.74, 6) is -0.647. The molecule has 0 radical (unpaired) electrons. The number of carbonyl (C=O) groups excluding carboxylic acids is 1. The first-order chi connectivity index (χ1) is 15.4. The fourth-order valence-corrected chi connectivity index (χ4v) is 5.48. The van der Waals surface area contributed by atoms with Gasteiger partial charge in [0.1, 0.15) is 11.3 Å². The van der Waals surface area contributed by atoms with E-state index in [-0.39, 0.29) is 22.3 Å². The predicted octanol–water partition coefficient (Wildman–Crippen LogP) is 3.27. The Morgan fingerprint density at radius 1 is 1.09 bits per heavy atom. The lowest BCUT2D eigenvalue weighted by Gasteiger charge is -2.32. The molecule has 0 bridgehead atoms. The third-order valence-corrected chi connectivity index (χ3v) is 7.41. The molecule has 168 valence electrons. The molecule has 0 saturated carbocycles. The number of piperidine rings is 1. The summed E-state index contributed by atoms with van der Waals surface area (Å²) in [6, 6.07) is 17.5. The monoisotopic (exact) mass is 454 g/mol. The zero-order chi connectivity index (χ0) is 22.7. The maximum absolute atomic E-state index is 12.6. The van der Waals surface area contributed by atoms with Crippen LogP contribution in [0.2, 0.25) is 0 Å². The van der Waals surface area contributed by atoms with Crippen LogP contribution in [0.1, 0.15) is 28.8 Å². The van der Waals surface area contributed by atoms with Gasteiger partial charge in [0.25, 0.3) is 0 Å². The zero-order valence-electron chi connectivity index (χ0n) is 17.8. The molecule has 1 aliphatic rings. The van der Waals surface area contributed by atoms with Crippen molar-refractivity contribution in [2.45, 2.75) is 30.3 Å². The molecule has 3 aromatic rings. The maximum atomic E-state index is 12.6. The van der Waals surface area contributed by atoms with Crippen LogP contribution in [0.25, 0.3) is 10.8 Å². The van der Waals surface area contributed by atoms with Crippen LogP contribution in [-0.2, 0) is 21.3 Å². The van der Waals surface area contributed by atoms with Crippen molar-refractivity contribution in [1.29, 1.82) is 0 Å². The number of methoxy groups -OCH3 is 1. The SMILES string of the molecule is COC(=O)c1cc2ccccc2c(CN2CCC(NS(=O)(=O)c3ccccc3)CC2)c1O. The number of hydrogen-bond donors (Lipinski definition) is 2. The highest BCUT2D eigenvalue weighted by Crippen LogP contribution is 2.33. The summed E-state index contributed by atoms with van der Waals surface area (Å²) in [6.07, 6.45) is 1.31. The van der Waals surface area contributed by atoms with Crippen LogP contribution in [0.3, 0.4) is 0 Å². The molecule has 7 nitrogen and oxygen atoms in total. The molecule has 2 N–H and O–H groups in total. The number of benzene rings is 3. The number of likely N-dealkylation sites (tertiary alicyclic amines) is 1. The number of sulfonamides is 1. The van der Waals surface area contributed by atoms with E-state index < -0.39 is 16.0 Å². The Labute approximate surface area is 187 Å². The van der Waals surface area contributed by atoms with E-state index in [0.717, 1.165) is 10.8 Å². The molecule has 1 aliphatic heterocycles. The Morgan fingerprint density at radius 2 is 1.75 bits per heavy atom. The Kier molecular flexibility index (Phi) is 6.45. The van der Waals surface area contributed by atoms with Gasteiger partial charge in [-0.1, -0.05) is 42.5 Å². The van der Waals surface area contributed by atoms with E-state index in [1.807, 2.05) is 24.3 Å². The molecule has 3 aromatic carbocycles. The molecular weight excluding hydrogens is 428 g/mol. The summed E-state index contributed by atoms with van der Waals surface area (Å²) < 4.78 is 32.8. The molecule has 32 heavy (non-hydrogen) atoms. The fourth-order valence-electron chi connectivity index (χ4n) is 4.16. The Hall–Kier alpha value is -2.94. The van der Waals surface area contributed by atoms with Gasteiger partial charge in [-0.05, 0) is 41.8 Å². The summed E-state index contributed by atoms with van der Waals surface area (Å²) in [7, 11) is -2.26. The molecule has 0 amide bonds. The molecule has 1 fully saturated rings. The van der Waals surface area contributed by atoms with Crippen LogP contribution in [0.5, 0.6) is 5.75 Å². The average molecular weight is 455 g/mol. The number of phenolic OH excluding ortho intramolecular Hbond substituents is 1. The normalized spacial score (nSPS) is 15.7. The first kappa shape index (κ1) is 22.3. The van der Waals surface area contributed by atoms with Crippen LogP contribution in [-0.4, -0.2) is 50.6 Å². The van der Waals surface area contributed by atoms with Crippen molar-refractivity contribution >= 4 is 26.8 Å². The third-order valence-electron chi connectivity index (χ3n) is 5.88. The van der Waals surface area contributed by atoms with Crippen molar-refractivity contribution in [2.24, 2.45) is 0 Å². The van der Waals surface area contributed by atoms with E-state index >= 15 is 0 Å². The summed E-state index contributed by atoms with van der Waals surface area (Å²) in [5.41, 5.74) is 0.818. The van der Waals surface area contributed by atoms with Gasteiger partial charge in [0.15, 0.2) is 0 Å². The highest BCUT2D eigenvalue weighted by atomic mass is 32.2. The van der Waals surface area contributed by atoms with Crippen LogP contribution in [0.4, 0.5) is 0 Å². The van der Waals surface area contributed by atoms with Crippen LogP contribution < -0.4 is 4.72 Å². The Morgan fingerprint density at radius 3 is 2.44 bits per heavy atom. The molecule has 0 spiro atoms. The molecule has 0 aromatic heterocycles. The summed E-state index contributed by atoms with van der Waals surface area (Å²) in [5, 5.41) is 12.6. The Balaban J connectivity index is 1.49. The molecule has 0 atom stereocenters. The first-order valence-corrected chi connectivity index (χ1v) is 12.0. The molecule has 0 unspecified atom stereocenters. The van der Waals surface area contributed by atoms with E-state index in [1.54, 1.807) is 36.4 Å². The van der Waals surface area contributed by atoms with Crippen molar-refractivity contribution < 1.29 is 23.1 Å². The lowest BCUT2D eigenvalue weighted by molar-refractivity contribution is 0.0597. The average Bonchev–Trinajstić information content (AvgIpc) is 2.81. The largest absolute Gasteiger partial charge is 0.507 e. The quantitative estimate of drug-likeness (QED) is 0.555. The minimum absolute atomic E-state index is 0.0672. The molecule has 8 heteroatoms. The van der Waals surface area contributed by atoms with Crippen molar-refractivity contribution in [2.75, 3.05) is 20.2 Å². The van der Waals surface area contributed by atoms with E-state index in [2.05, 4.69) is 9.62 Å². The maximum Gasteiger partial charge on any atom is 0.341 e. The van der Waals surface area contributed by atoms with Crippen molar-refractivity contribution in [3.63, 3.8) is 0 Å². The van der Waals surface area contributed by atoms with Crippen molar-refractivity contribution in [3.05, 3.63) is 71.8 Å². The predicted molar refractivity (Wildman–Crippen MR) is 122 cm³/mol. The fraction of sp³-hybridized carbons (Fsp3) is 0.292. The van der Waals surface area contributed by atoms with Crippen LogP contribution in [0, 0.1) is 0 Å². The first-order valence-electron chi connectivity index (χ1n) is 10.5. The lowest BCUT2D eigenvalue weighted by Crippen LogP contribution is -2.44. The standard InChI is InChI=1S/C24H26N2O5S/c1-31-24(28)21-15-17-7-5-6-10-20(17)22(23(21)27)16-26-13-11-18(12-14-26)25-32(29,30)19-8-3-2-4-9-19/h2-10,15,18,25,27H,11-14,16H2,1H3. The van der Waals surface area contributed by atoms with Gasteiger partial charge < -0.3 is 9.84 Å². The Bertz CT molecular complexity index is 1220. The molecule has 0 aliphatic carbocycles. The van der Waals surface area contributed by atoms with Gasteiger partial charge in [-0.15, -0.1) is 0 Å². The number of nitrogens with one attached hydrogen (secondary N) is 1. The van der Waals surface area contributed by atoms with Gasteiger partial charge in [-0.2, -0.15) is 0 Å². The van der Waals surface area contributed by atoms with Crippen LogP contribution >= 0.6 is 0 Å². The van der Waals surface area contributed by atoms with E-state index in [0.29, 0.717) is 38.0 Å². The van der Waals surface area contributed by atoms with Gasteiger partial charge in [0.2, 0.25) is 10.0 Å². The minimum Gasteiger partial charge on any atom is -0.507 e. The number of esters is 1. The highest BCUT2D eigenvalue weighted by molar-refractivity contribution is 7.89. The second-order valence-corrected chi connectivity index (χ2v) is 9.66. The molecular formula is C24H26N2O5S. The number of rotatable bonds is 6. The smallest absolute Gasteiger partial charge is 0.341 e. The van der Waals surface area contributed by atoms with E-state index in [9.17, 15) is 18.3 Å². The summed E-state index contributed by atoms with van der Waals surface area (Å²) in [4.78, 5) is 14.6. The second kappa shape index (κ2) is 9.28. The van der Waals surface area contributed by atoms with Gasteiger partial charge in [0.05, 0.1) is 12.0 Å². The minimum atomic E-state index is -3.55. The van der Waals surface area contributed by atoms with Gasteiger partial charge in [0, 0.05) is 31.2 Å². The topological polar surface area (TPSA) is 95.9 Å². The number of aromatic hydroxyl groups is 1. The van der Waals surface area contributed by atoms with Gasteiger partial charge in [-0.3, -0.25) is 4.90 Å². The van der Waals surface area contributed by atoms with E-state index in [4.69, 9.17) is 4.74 Å². The van der Waals surface area contributed by atoms with E-state index in [1.165, 1.54) is 7.11 Å². The number of fused-ring (bicyclic) bond motifs is 1. The second-order valence-electron chi connectivity index (χ2n) is 7.95. The summed E-state index contributed by atoms with van der Waals surface area (Å²) >= 11 is 0. The molecule has 4 rings (SSSR count). The molecule has 1 heterocycles. The zero-order valence-corrected chi connectivity index (χ0v) is 18.6. The van der Waals surface area contributed by atoms with Gasteiger partial charge in [-0.25, -0.2) is 17.9 Å². The third kappa shape index (κ3) is 4.62. The number of carbonyl (C=O) groups is 1. The highest BCUT2D eigenvalue weighted by Gasteiger charge is 2.26. The number of phenols is 1. The van der Waals surface area contributed by atoms with Gasteiger partial charge >= 0.3 is 5.97 Å². The van der Waals surface area contributed by atoms with Crippen LogP contribution in [0.15, 0.2) is 65.6 Å². The number of nitrogens with zero attached hydrogens (tertiary/aromatic N) is 1.